The summed E-state index contributed by atoms with van der Waals surface area (Å²) in [6.07, 6.45) is 4.13. The first kappa shape index (κ1) is 21.9. The van der Waals surface area contributed by atoms with E-state index in [9.17, 15) is 9.59 Å². The summed E-state index contributed by atoms with van der Waals surface area (Å²) >= 11 is 3.43. The molecule has 0 N–H and O–H groups in total. The Morgan fingerprint density at radius 1 is 0.933 bits per heavy atom. The van der Waals surface area contributed by atoms with Crippen molar-refractivity contribution in [2.45, 2.75) is 6.42 Å². The minimum Gasteiger partial charge on any atom is -0.493 e. The molecule has 7 heteroatoms. The molecule has 0 unspecified atom stereocenters. The van der Waals surface area contributed by atoms with Crippen molar-refractivity contribution >= 4 is 33.8 Å². The van der Waals surface area contributed by atoms with Crippen molar-refractivity contribution in [1.29, 1.82) is 0 Å². The van der Waals surface area contributed by atoms with E-state index in [0.717, 1.165) is 16.5 Å². The Kier molecular flexibility index (Phi) is 7.52. The largest absolute Gasteiger partial charge is 0.493 e. The van der Waals surface area contributed by atoms with Gasteiger partial charge in [0.05, 0.1) is 14.2 Å². The van der Waals surface area contributed by atoms with Gasteiger partial charge in [0.1, 0.15) is 0 Å². The molecule has 1 aliphatic rings. The van der Waals surface area contributed by atoms with Gasteiger partial charge < -0.3 is 19.3 Å². The number of methoxy groups -OCH3 is 2. The summed E-state index contributed by atoms with van der Waals surface area (Å²) < 4.78 is 11.5. The van der Waals surface area contributed by atoms with Crippen LogP contribution < -0.4 is 9.47 Å². The lowest BCUT2D eigenvalue weighted by atomic mass is 10.1. The fraction of sp³-hybridized carbons (Fsp3) is 0.304. The first-order valence-electron chi connectivity index (χ1n) is 9.75. The standard InChI is InChI=1S/C23H25BrN2O4/c1-29-20-9-8-18(16-21(20)30-2)23(28)26-12-4-11-25(13-14-26)22(27)10-7-17-5-3-6-19(24)15-17/h3,5-10,15-16H,4,11-14H2,1-2H3/b10-7+. The Labute approximate surface area is 185 Å². The molecule has 0 spiro atoms. The predicted octanol–water partition coefficient (Wildman–Crippen LogP) is 3.85. The van der Waals surface area contributed by atoms with Gasteiger partial charge >= 0.3 is 0 Å². The molecule has 2 aromatic carbocycles. The SMILES string of the molecule is COc1ccc(C(=O)N2CCCN(C(=O)/C=C/c3cccc(Br)c3)CC2)cc1OC. The number of amides is 2. The van der Waals surface area contributed by atoms with Crippen molar-refractivity contribution in [3.63, 3.8) is 0 Å². The average molecular weight is 473 g/mol. The van der Waals surface area contributed by atoms with Crippen molar-refractivity contribution in [3.05, 3.63) is 64.1 Å². The molecule has 0 radical (unpaired) electrons. The van der Waals surface area contributed by atoms with Crippen LogP contribution >= 0.6 is 15.9 Å². The van der Waals surface area contributed by atoms with Crippen molar-refractivity contribution < 1.29 is 19.1 Å². The lowest BCUT2D eigenvalue weighted by molar-refractivity contribution is -0.125. The van der Waals surface area contributed by atoms with Gasteiger partial charge in [-0.3, -0.25) is 9.59 Å². The number of halogens is 1. The predicted molar refractivity (Wildman–Crippen MR) is 120 cm³/mol. The first-order chi connectivity index (χ1) is 14.5. The lowest BCUT2D eigenvalue weighted by Gasteiger charge is -2.22. The highest BCUT2D eigenvalue weighted by atomic mass is 79.9. The Morgan fingerprint density at radius 2 is 1.67 bits per heavy atom. The second-order valence-electron chi connectivity index (χ2n) is 6.93. The van der Waals surface area contributed by atoms with Gasteiger partial charge in [-0.25, -0.2) is 0 Å². The second kappa shape index (κ2) is 10.3. The Hall–Kier alpha value is -2.80. The molecular weight excluding hydrogens is 448 g/mol. The van der Waals surface area contributed by atoms with E-state index >= 15 is 0 Å². The number of nitrogens with zero attached hydrogens (tertiary/aromatic N) is 2. The third kappa shape index (κ3) is 5.42. The number of ether oxygens (including phenoxy) is 2. The van der Waals surface area contributed by atoms with Gasteiger partial charge in [0.25, 0.3) is 5.91 Å². The number of benzene rings is 2. The Morgan fingerprint density at radius 3 is 2.40 bits per heavy atom. The molecule has 0 aromatic heterocycles. The topological polar surface area (TPSA) is 59.1 Å². The summed E-state index contributed by atoms with van der Waals surface area (Å²) in [6.45, 7) is 2.22. The van der Waals surface area contributed by atoms with Crippen LogP contribution in [0, 0.1) is 0 Å². The van der Waals surface area contributed by atoms with E-state index in [1.807, 2.05) is 30.3 Å². The van der Waals surface area contributed by atoms with Gasteiger partial charge in [-0.15, -0.1) is 0 Å². The molecule has 2 amide bonds. The fourth-order valence-electron chi connectivity index (χ4n) is 3.38. The van der Waals surface area contributed by atoms with E-state index in [1.165, 1.54) is 0 Å². The van der Waals surface area contributed by atoms with E-state index in [2.05, 4.69) is 15.9 Å². The monoisotopic (exact) mass is 472 g/mol. The summed E-state index contributed by atoms with van der Waals surface area (Å²) in [4.78, 5) is 29.1. The number of carbonyl (C=O) groups excluding carboxylic acids is 2. The van der Waals surface area contributed by atoms with E-state index in [1.54, 1.807) is 48.3 Å². The van der Waals surface area contributed by atoms with Crippen LogP contribution in [-0.4, -0.2) is 62.0 Å². The van der Waals surface area contributed by atoms with Gasteiger partial charge in [-0.05, 0) is 48.4 Å². The molecule has 0 saturated carbocycles. The van der Waals surface area contributed by atoms with E-state index in [4.69, 9.17) is 9.47 Å². The third-order valence-electron chi connectivity index (χ3n) is 4.99. The van der Waals surface area contributed by atoms with Crippen molar-refractivity contribution in [2.75, 3.05) is 40.4 Å². The summed E-state index contributed by atoms with van der Waals surface area (Å²) in [7, 11) is 3.11. The number of hydrogen-bond acceptors (Lipinski definition) is 4. The molecule has 6 nitrogen and oxygen atoms in total. The highest BCUT2D eigenvalue weighted by Gasteiger charge is 2.22. The highest BCUT2D eigenvalue weighted by molar-refractivity contribution is 9.10. The molecule has 158 valence electrons. The minimum atomic E-state index is -0.0741. The normalized spacial score (nSPS) is 14.5. The van der Waals surface area contributed by atoms with Crippen LogP contribution in [0.5, 0.6) is 11.5 Å². The maximum Gasteiger partial charge on any atom is 0.254 e. The number of hydrogen-bond donors (Lipinski definition) is 0. The van der Waals surface area contributed by atoms with Crippen molar-refractivity contribution in [1.82, 2.24) is 9.80 Å². The van der Waals surface area contributed by atoms with E-state index < -0.39 is 0 Å². The van der Waals surface area contributed by atoms with Gasteiger partial charge in [-0.2, -0.15) is 0 Å². The smallest absolute Gasteiger partial charge is 0.254 e. The summed E-state index contributed by atoms with van der Waals surface area (Å²) in [5, 5.41) is 0. The van der Waals surface area contributed by atoms with Crippen LogP contribution in [0.3, 0.4) is 0 Å². The van der Waals surface area contributed by atoms with E-state index in [0.29, 0.717) is 43.2 Å². The number of rotatable bonds is 5. The molecule has 30 heavy (non-hydrogen) atoms. The van der Waals surface area contributed by atoms with Crippen LogP contribution in [-0.2, 0) is 4.79 Å². The fourth-order valence-corrected chi connectivity index (χ4v) is 3.79. The van der Waals surface area contributed by atoms with Crippen LogP contribution in [0.2, 0.25) is 0 Å². The molecule has 1 heterocycles. The zero-order chi connectivity index (χ0) is 21.5. The van der Waals surface area contributed by atoms with Crippen molar-refractivity contribution in [3.8, 4) is 11.5 Å². The maximum absolute atomic E-state index is 12.9. The molecule has 2 aromatic rings. The van der Waals surface area contributed by atoms with Crippen molar-refractivity contribution in [2.24, 2.45) is 0 Å². The van der Waals surface area contributed by atoms with Gasteiger partial charge in [-0.1, -0.05) is 28.1 Å². The Balaban J connectivity index is 1.63. The molecule has 0 bridgehead atoms. The summed E-state index contributed by atoms with van der Waals surface area (Å²) in [6, 6.07) is 12.9. The third-order valence-corrected chi connectivity index (χ3v) is 5.49. The summed E-state index contributed by atoms with van der Waals surface area (Å²) in [5.74, 6) is 0.983. The molecule has 3 rings (SSSR count). The molecule has 0 aliphatic carbocycles. The Bertz CT molecular complexity index is 945. The molecule has 1 aliphatic heterocycles. The quantitative estimate of drug-likeness (QED) is 0.620. The molecule has 1 fully saturated rings. The second-order valence-corrected chi connectivity index (χ2v) is 7.84. The highest BCUT2D eigenvalue weighted by Crippen LogP contribution is 2.28. The first-order valence-corrected chi connectivity index (χ1v) is 10.5. The molecule has 0 atom stereocenters. The number of carbonyl (C=O) groups is 2. The minimum absolute atomic E-state index is 0.0459. The average Bonchev–Trinajstić information content (AvgIpc) is 3.03. The van der Waals surface area contributed by atoms with Crippen LogP contribution in [0.1, 0.15) is 22.3 Å². The van der Waals surface area contributed by atoms with Crippen LogP contribution in [0.4, 0.5) is 0 Å². The van der Waals surface area contributed by atoms with Gasteiger partial charge in [0, 0.05) is 42.3 Å². The summed E-state index contributed by atoms with van der Waals surface area (Å²) in [5.41, 5.74) is 1.50. The van der Waals surface area contributed by atoms with Gasteiger partial charge in [0.15, 0.2) is 11.5 Å². The zero-order valence-corrected chi connectivity index (χ0v) is 18.7. The maximum atomic E-state index is 12.9. The van der Waals surface area contributed by atoms with E-state index in [-0.39, 0.29) is 11.8 Å². The molecular formula is C23H25BrN2O4. The zero-order valence-electron chi connectivity index (χ0n) is 17.1. The lowest BCUT2D eigenvalue weighted by Crippen LogP contribution is -2.36. The van der Waals surface area contributed by atoms with Crippen LogP contribution in [0.15, 0.2) is 53.0 Å². The molecule has 1 saturated heterocycles. The van der Waals surface area contributed by atoms with Crippen LogP contribution in [0.25, 0.3) is 6.08 Å². The van der Waals surface area contributed by atoms with Gasteiger partial charge in [0.2, 0.25) is 5.91 Å².